The second-order valence-electron chi connectivity index (χ2n) is 7.55. The molecule has 0 fully saturated rings. The number of carbonyl (C=O) groups is 2. The Kier molecular flexibility index (Phi) is 5.10. The predicted molar refractivity (Wildman–Crippen MR) is 119 cm³/mol. The van der Waals surface area contributed by atoms with Crippen molar-refractivity contribution in [3.8, 4) is 5.75 Å². The van der Waals surface area contributed by atoms with Gasteiger partial charge in [0, 0.05) is 36.7 Å². The fraction of sp³-hybridized carbons (Fsp3) is 0.120. The zero-order valence-corrected chi connectivity index (χ0v) is 17.6. The zero-order valence-electron chi connectivity index (χ0n) is 17.6. The van der Waals surface area contributed by atoms with E-state index in [4.69, 9.17) is 9.15 Å². The van der Waals surface area contributed by atoms with E-state index in [0.29, 0.717) is 22.3 Å². The van der Waals surface area contributed by atoms with Crippen molar-refractivity contribution in [2.75, 3.05) is 7.11 Å². The second kappa shape index (κ2) is 8.23. The van der Waals surface area contributed by atoms with Crippen LogP contribution in [0.5, 0.6) is 5.75 Å². The summed E-state index contributed by atoms with van der Waals surface area (Å²) in [6.45, 7) is 0.184. The number of fused-ring (bicyclic) bond motifs is 1. The van der Waals surface area contributed by atoms with Crippen LogP contribution in [0.4, 0.5) is 0 Å². The average molecular weight is 441 g/mol. The minimum Gasteiger partial charge on any atom is -0.503 e. The Morgan fingerprint density at radius 2 is 1.79 bits per heavy atom. The van der Waals surface area contributed by atoms with Crippen molar-refractivity contribution in [3.63, 3.8) is 0 Å². The van der Waals surface area contributed by atoms with Gasteiger partial charge in [0.05, 0.1) is 18.7 Å². The molecule has 3 aromatic heterocycles. The highest BCUT2D eigenvalue weighted by Crippen LogP contribution is 2.40. The van der Waals surface area contributed by atoms with E-state index >= 15 is 0 Å². The molecule has 4 heterocycles. The van der Waals surface area contributed by atoms with Crippen LogP contribution < -0.4 is 4.74 Å². The third-order valence-corrected chi connectivity index (χ3v) is 5.62. The number of hydrogen-bond acceptors (Lipinski definition) is 7. The standard InChI is InChI=1S/C25H19N3O5/c1-32-18-4-2-3-17-13-19(33-24(17)18)22(29)20-21(16-7-11-27-12-8-16)28(25(31)23(20)30)14-15-5-9-26-10-6-15/h2-13,21,30H,14H2,1H3. The van der Waals surface area contributed by atoms with Crippen molar-refractivity contribution >= 4 is 22.7 Å². The normalized spacial score (nSPS) is 16.0. The quantitative estimate of drug-likeness (QED) is 0.451. The Bertz CT molecular complexity index is 1380. The first-order chi connectivity index (χ1) is 16.1. The van der Waals surface area contributed by atoms with Crippen LogP contribution in [0.2, 0.25) is 0 Å². The monoisotopic (exact) mass is 441 g/mol. The van der Waals surface area contributed by atoms with Crippen molar-refractivity contribution < 1.29 is 23.8 Å². The van der Waals surface area contributed by atoms with Gasteiger partial charge in [-0.3, -0.25) is 19.6 Å². The van der Waals surface area contributed by atoms with Gasteiger partial charge in [-0.25, -0.2) is 0 Å². The first-order valence-corrected chi connectivity index (χ1v) is 10.2. The molecule has 1 atom stereocenters. The molecule has 1 unspecified atom stereocenters. The number of Topliss-reactive ketones (excluding diaryl/α,β-unsaturated/α-hetero) is 1. The van der Waals surface area contributed by atoms with Crippen molar-refractivity contribution in [2.45, 2.75) is 12.6 Å². The number of amides is 1. The van der Waals surface area contributed by atoms with Crippen LogP contribution in [-0.2, 0) is 11.3 Å². The van der Waals surface area contributed by atoms with Crippen LogP contribution >= 0.6 is 0 Å². The van der Waals surface area contributed by atoms with Gasteiger partial charge in [0.15, 0.2) is 22.9 Å². The van der Waals surface area contributed by atoms with Gasteiger partial charge in [-0.05, 0) is 47.5 Å². The first kappa shape index (κ1) is 20.4. The highest BCUT2D eigenvalue weighted by molar-refractivity contribution is 6.16. The molecule has 1 aliphatic heterocycles. The molecule has 0 aliphatic carbocycles. The number of para-hydroxylation sites is 1. The molecule has 0 saturated heterocycles. The summed E-state index contributed by atoms with van der Waals surface area (Å²) in [6.07, 6.45) is 6.40. The lowest BCUT2D eigenvalue weighted by Gasteiger charge is -2.26. The molecule has 1 aromatic carbocycles. The maximum atomic E-state index is 13.6. The van der Waals surface area contributed by atoms with E-state index < -0.39 is 23.5 Å². The van der Waals surface area contributed by atoms with E-state index in [0.717, 1.165) is 5.56 Å². The molecule has 0 radical (unpaired) electrons. The van der Waals surface area contributed by atoms with E-state index in [1.54, 1.807) is 73.3 Å². The third-order valence-electron chi connectivity index (χ3n) is 5.62. The molecule has 1 N–H and O–H groups in total. The topological polar surface area (TPSA) is 106 Å². The number of pyridine rings is 2. The molecule has 0 saturated carbocycles. The number of hydrogen-bond donors (Lipinski definition) is 1. The highest BCUT2D eigenvalue weighted by atomic mass is 16.5. The van der Waals surface area contributed by atoms with Crippen LogP contribution in [0.15, 0.2) is 89.1 Å². The lowest BCUT2D eigenvalue weighted by Crippen LogP contribution is -2.30. The Morgan fingerprint density at radius 3 is 2.48 bits per heavy atom. The Balaban J connectivity index is 1.60. The fourth-order valence-corrected chi connectivity index (χ4v) is 4.07. The second-order valence-corrected chi connectivity index (χ2v) is 7.55. The van der Waals surface area contributed by atoms with Gasteiger partial charge in [-0.1, -0.05) is 12.1 Å². The summed E-state index contributed by atoms with van der Waals surface area (Å²) in [4.78, 5) is 36.2. The van der Waals surface area contributed by atoms with Crippen molar-refractivity contribution in [2.24, 2.45) is 0 Å². The summed E-state index contributed by atoms with van der Waals surface area (Å²) in [7, 11) is 1.51. The van der Waals surface area contributed by atoms with Crippen molar-refractivity contribution in [3.05, 3.63) is 102 Å². The number of aromatic nitrogens is 2. The highest BCUT2D eigenvalue weighted by Gasteiger charge is 2.44. The molecule has 8 heteroatoms. The van der Waals surface area contributed by atoms with Crippen LogP contribution in [0, 0.1) is 0 Å². The number of rotatable bonds is 6. The molecule has 0 bridgehead atoms. The number of furan rings is 1. The molecule has 0 spiro atoms. The summed E-state index contributed by atoms with van der Waals surface area (Å²) in [5.41, 5.74) is 1.83. The minimum atomic E-state index is -0.809. The van der Waals surface area contributed by atoms with Gasteiger partial charge in [-0.15, -0.1) is 0 Å². The number of carbonyl (C=O) groups excluding carboxylic acids is 2. The summed E-state index contributed by atoms with van der Waals surface area (Å²) in [5.74, 6) is -1.31. The summed E-state index contributed by atoms with van der Waals surface area (Å²) in [5, 5.41) is 11.5. The average Bonchev–Trinajstić information content (AvgIpc) is 3.40. The van der Waals surface area contributed by atoms with Crippen molar-refractivity contribution in [1.29, 1.82) is 0 Å². The largest absolute Gasteiger partial charge is 0.503 e. The van der Waals surface area contributed by atoms with Gasteiger partial charge in [0.2, 0.25) is 5.78 Å². The Hall–Kier alpha value is -4.46. The lowest BCUT2D eigenvalue weighted by atomic mass is 9.95. The molecular weight excluding hydrogens is 422 g/mol. The maximum absolute atomic E-state index is 13.6. The fourth-order valence-electron chi connectivity index (χ4n) is 4.07. The number of aliphatic hydroxyl groups excluding tert-OH is 1. The van der Waals surface area contributed by atoms with E-state index in [-0.39, 0.29) is 17.9 Å². The minimum absolute atomic E-state index is 0.00803. The molecule has 5 rings (SSSR count). The maximum Gasteiger partial charge on any atom is 0.290 e. The summed E-state index contributed by atoms with van der Waals surface area (Å²) in [6, 6.07) is 13.1. The van der Waals surface area contributed by atoms with E-state index in [1.165, 1.54) is 12.0 Å². The van der Waals surface area contributed by atoms with Gasteiger partial charge >= 0.3 is 0 Å². The van der Waals surface area contributed by atoms with Crippen molar-refractivity contribution in [1.82, 2.24) is 14.9 Å². The van der Waals surface area contributed by atoms with Gasteiger partial charge in [-0.2, -0.15) is 0 Å². The molecule has 8 nitrogen and oxygen atoms in total. The Labute approximate surface area is 188 Å². The zero-order chi connectivity index (χ0) is 22.9. The smallest absolute Gasteiger partial charge is 0.290 e. The molecule has 4 aromatic rings. The number of ether oxygens (including phenoxy) is 1. The van der Waals surface area contributed by atoms with Crippen LogP contribution in [-0.4, -0.2) is 38.8 Å². The molecular formula is C25H19N3O5. The third kappa shape index (κ3) is 3.51. The van der Waals surface area contributed by atoms with Crippen LogP contribution in [0.25, 0.3) is 11.0 Å². The van der Waals surface area contributed by atoms with Gasteiger partial charge < -0.3 is 19.2 Å². The number of methoxy groups -OCH3 is 1. The van der Waals surface area contributed by atoms with Crippen LogP contribution in [0.1, 0.15) is 27.7 Å². The first-order valence-electron chi connectivity index (χ1n) is 10.2. The van der Waals surface area contributed by atoms with Gasteiger partial charge in [0.25, 0.3) is 5.91 Å². The number of nitrogens with zero attached hydrogens (tertiary/aromatic N) is 3. The molecule has 33 heavy (non-hydrogen) atoms. The molecule has 1 aliphatic rings. The molecule has 164 valence electrons. The lowest BCUT2D eigenvalue weighted by molar-refractivity contribution is -0.130. The molecule has 1 amide bonds. The number of aliphatic hydroxyl groups is 1. The van der Waals surface area contributed by atoms with Crippen LogP contribution in [0.3, 0.4) is 0 Å². The summed E-state index contributed by atoms with van der Waals surface area (Å²) < 4.78 is 11.1. The number of benzene rings is 1. The Morgan fingerprint density at radius 1 is 1.09 bits per heavy atom. The number of ketones is 1. The van der Waals surface area contributed by atoms with E-state index in [2.05, 4.69) is 9.97 Å². The van der Waals surface area contributed by atoms with E-state index in [9.17, 15) is 14.7 Å². The predicted octanol–water partition coefficient (Wildman–Crippen LogP) is 4.01. The SMILES string of the molecule is COc1cccc2cc(C(=O)C3=C(O)C(=O)N(Cc4ccncc4)C3c3ccncc3)oc12. The van der Waals surface area contributed by atoms with E-state index in [1.807, 2.05) is 0 Å². The summed E-state index contributed by atoms with van der Waals surface area (Å²) >= 11 is 0. The van der Waals surface area contributed by atoms with Gasteiger partial charge in [0.1, 0.15) is 0 Å².